The Kier molecular flexibility index (Phi) is 4.20. The molecule has 0 aromatic heterocycles. The summed E-state index contributed by atoms with van der Waals surface area (Å²) in [5.74, 6) is -0.633. The third-order valence-electron chi connectivity index (χ3n) is 2.32. The van der Waals surface area contributed by atoms with Crippen LogP contribution in [0.4, 0.5) is 13.2 Å². The molecule has 0 radical (unpaired) electrons. The summed E-state index contributed by atoms with van der Waals surface area (Å²) in [7, 11) is 0. The van der Waals surface area contributed by atoms with Gasteiger partial charge in [0.25, 0.3) is 0 Å². The van der Waals surface area contributed by atoms with Crippen molar-refractivity contribution in [3.05, 3.63) is 0 Å². The highest BCUT2D eigenvalue weighted by atomic mass is 19.4. The largest absolute Gasteiger partial charge is 0.390 e. The van der Waals surface area contributed by atoms with Crippen molar-refractivity contribution in [3.8, 4) is 0 Å². The van der Waals surface area contributed by atoms with Gasteiger partial charge in [-0.3, -0.25) is 0 Å². The van der Waals surface area contributed by atoms with Crippen LogP contribution >= 0.6 is 0 Å². The SMILES string of the molecule is CC(CC(F)(F)F)NC1COC(C)(C)OC1. The molecule has 1 N–H and O–H groups in total. The van der Waals surface area contributed by atoms with Crippen molar-refractivity contribution in [2.75, 3.05) is 13.2 Å². The minimum absolute atomic E-state index is 0.176. The van der Waals surface area contributed by atoms with Gasteiger partial charge < -0.3 is 14.8 Å². The molecule has 0 bridgehead atoms. The Hall–Kier alpha value is -0.330. The molecule has 0 aromatic rings. The quantitative estimate of drug-likeness (QED) is 0.820. The van der Waals surface area contributed by atoms with E-state index in [-0.39, 0.29) is 6.04 Å². The van der Waals surface area contributed by atoms with Gasteiger partial charge >= 0.3 is 6.18 Å². The minimum Gasteiger partial charge on any atom is -0.349 e. The van der Waals surface area contributed by atoms with Gasteiger partial charge in [0.15, 0.2) is 5.79 Å². The van der Waals surface area contributed by atoms with E-state index in [1.807, 2.05) is 0 Å². The van der Waals surface area contributed by atoms with Crippen LogP contribution in [-0.2, 0) is 9.47 Å². The van der Waals surface area contributed by atoms with Crippen LogP contribution in [0.25, 0.3) is 0 Å². The van der Waals surface area contributed by atoms with Gasteiger partial charge in [-0.05, 0) is 20.8 Å². The highest BCUT2D eigenvalue weighted by molar-refractivity contribution is 4.77. The van der Waals surface area contributed by atoms with Gasteiger partial charge in [0, 0.05) is 6.04 Å². The summed E-state index contributed by atoms with van der Waals surface area (Å²) in [6.07, 6.45) is -4.98. The smallest absolute Gasteiger partial charge is 0.349 e. The highest BCUT2D eigenvalue weighted by Gasteiger charge is 2.33. The molecule has 96 valence electrons. The average molecular weight is 241 g/mol. The maximum Gasteiger partial charge on any atom is 0.390 e. The molecule has 0 spiro atoms. The first-order valence-electron chi connectivity index (χ1n) is 5.29. The first-order chi connectivity index (χ1) is 7.18. The van der Waals surface area contributed by atoms with Gasteiger partial charge in [-0.15, -0.1) is 0 Å². The van der Waals surface area contributed by atoms with Gasteiger partial charge in [-0.1, -0.05) is 0 Å². The standard InChI is InChI=1S/C10H18F3NO2/c1-7(4-10(11,12)13)14-8-5-15-9(2,3)16-6-8/h7-8,14H,4-6H2,1-3H3. The lowest BCUT2D eigenvalue weighted by Gasteiger charge is -2.36. The Labute approximate surface area is 93.3 Å². The molecular weight excluding hydrogens is 223 g/mol. The summed E-state index contributed by atoms with van der Waals surface area (Å²) in [5, 5.41) is 2.84. The molecule has 0 amide bonds. The summed E-state index contributed by atoms with van der Waals surface area (Å²) < 4.78 is 46.9. The first kappa shape index (κ1) is 13.7. The number of hydrogen-bond donors (Lipinski definition) is 1. The summed E-state index contributed by atoms with van der Waals surface area (Å²) in [5.41, 5.74) is 0. The average Bonchev–Trinajstić information content (AvgIpc) is 2.05. The third kappa shape index (κ3) is 5.14. The number of rotatable bonds is 3. The van der Waals surface area contributed by atoms with E-state index in [4.69, 9.17) is 9.47 Å². The molecule has 1 heterocycles. The number of halogens is 3. The lowest BCUT2D eigenvalue weighted by atomic mass is 10.2. The van der Waals surface area contributed by atoms with Gasteiger partial charge in [0.1, 0.15) is 0 Å². The molecule has 6 heteroatoms. The van der Waals surface area contributed by atoms with Crippen molar-refractivity contribution in [2.24, 2.45) is 0 Å². The van der Waals surface area contributed by atoms with Crippen molar-refractivity contribution in [1.82, 2.24) is 5.32 Å². The van der Waals surface area contributed by atoms with Crippen molar-refractivity contribution < 1.29 is 22.6 Å². The summed E-state index contributed by atoms with van der Waals surface area (Å²) >= 11 is 0. The Morgan fingerprint density at radius 2 is 1.81 bits per heavy atom. The molecule has 0 aliphatic carbocycles. The molecular formula is C10H18F3NO2. The lowest BCUT2D eigenvalue weighted by Crippen LogP contribution is -2.51. The zero-order valence-corrected chi connectivity index (χ0v) is 9.73. The van der Waals surface area contributed by atoms with Gasteiger partial charge in [-0.25, -0.2) is 0 Å². The van der Waals surface area contributed by atoms with E-state index in [1.54, 1.807) is 13.8 Å². The second-order valence-electron chi connectivity index (χ2n) is 4.61. The number of hydrogen-bond acceptors (Lipinski definition) is 3. The van der Waals surface area contributed by atoms with E-state index in [0.717, 1.165) is 0 Å². The molecule has 1 aliphatic heterocycles. The highest BCUT2D eigenvalue weighted by Crippen LogP contribution is 2.22. The monoisotopic (exact) mass is 241 g/mol. The zero-order valence-electron chi connectivity index (χ0n) is 9.73. The third-order valence-corrected chi connectivity index (χ3v) is 2.32. The molecule has 1 rings (SSSR count). The lowest BCUT2D eigenvalue weighted by molar-refractivity contribution is -0.254. The molecule has 0 saturated carbocycles. The van der Waals surface area contributed by atoms with Crippen molar-refractivity contribution in [1.29, 1.82) is 0 Å². The molecule has 1 fully saturated rings. The molecule has 1 saturated heterocycles. The first-order valence-corrected chi connectivity index (χ1v) is 5.29. The number of nitrogens with one attached hydrogen (secondary N) is 1. The fraction of sp³-hybridized carbons (Fsp3) is 1.00. The van der Waals surface area contributed by atoms with Crippen LogP contribution in [-0.4, -0.2) is 37.3 Å². The van der Waals surface area contributed by atoms with E-state index in [1.165, 1.54) is 6.92 Å². The molecule has 1 aliphatic rings. The van der Waals surface area contributed by atoms with E-state index in [0.29, 0.717) is 13.2 Å². The Morgan fingerprint density at radius 1 is 1.31 bits per heavy atom. The van der Waals surface area contributed by atoms with Crippen LogP contribution in [0.5, 0.6) is 0 Å². The minimum atomic E-state index is -4.14. The normalized spacial score (nSPS) is 24.4. The van der Waals surface area contributed by atoms with Crippen LogP contribution in [0.2, 0.25) is 0 Å². The number of alkyl halides is 3. The second kappa shape index (κ2) is 4.89. The molecule has 3 nitrogen and oxygen atoms in total. The maximum atomic E-state index is 12.1. The van der Waals surface area contributed by atoms with Crippen molar-refractivity contribution in [3.63, 3.8) is 0 Å². The van der Waals surface area contributed by atoms with E-state index in [9.17, 15) is 13.2 Å². The van der Waals surface area contributed by atoms with Crippen molar-refractivity contribution in [2.45, 2.75) is 51.2 Å². The van der Waals surface area contributed by atoms with Gasteiger partial charge in [0.2, 0.25) is 0 Å². The maximum absolute atomic E-state index is 12.1. The van der Waals surface area contributed by atoms with Crippen LogP contribution in [0.1, 0.15) is 27.2 Å². The van der Waals surface area contributed by atoms with Crippen LogP contribution in [0.15, 0.2) is 0 Å². The number of ether oxygens (including phenoxy) is 2. The molecule has 0 aromatic carbocycles. The van der Waals surface area contributed by atoms with E-state index < -0.39 is 24.4 Å². The molecule has 16 heavy (non-hydrogen) atoms. The second-order valence-corrected chi connectivity index (χ2v) is 4.61. The van der Waals surface area contributed by atoms with Crippen LogP contribution in [0, 0.1) is 0 Å². The predicted molar refractivity (Wildman–Crippen MR) is 53.0 cm³/mol. The summed E-state index contributed by atoms with van der Waals surface area (Å²) in [6, 6.07) is -0.802. The van der Waals surface area contributed by atoms with E-state index >= 15 is 0 Å². The van der Waals surface area contributed by atoms with Crippen LogP contribution < -0.4 is 5.32 Å². The van der Waals surface area contributed by atoms with Crippen LogP contribution in [0.3, 0.4) is 0 Å². The molecule has 1 unspecified atom stereocenters. The predicted octanol–water partition coefficient (Wildman–Crippen LogP) is 2.07. The fourth-order valence-corrected chi connectivity index (χ4v) is 1.60. The molecule has 1 atom stereocenters. The topological polar surface area (TPSA) is 30.5 Å². The van der Waals surface area contributed by atoms with Crippen molar-refractivity contribution >= 4 is 0 Å². The summed E-state index contributed by atoms with van der Waals surface area (Å²) in [4.78, 5) is 0. The Balaban J connectivity index is 2.28. The van der Waals surface area contributed by atoms with Gasteiger partial charge in [0.05, 0.1) is 25.7 Å². The summed E-state index contributed by atoms with van der Waals surface area (Å²) in [6.45, 7) is 5.81. The fourth-order valence-electron chi connectivity index (χ4n) is 1.60. The Bertz CT molecular complexity index is 221. The zero-order chi connectivity index (χ0) is 12.4. The van der Waals surface area contributed by atoms with Gasteiger partial charge in [-0.2, -0.15) is 13.2 Å². The Morgan fingerprint density at radius 3 is 2.25 bits per heavy atom. The van der Waals surface area contributed by atoms with E-state index in [2.05, 4.69) is 5.32 Å².